The van der Waals surface area contributed by atoms with E-state index >= 15 is 0 Å². The van der Waals surface area contributed by atoms with E-state index < -0.39 is 5.54 Å². The van der Waals surface area contributed by atoms with Gasteiger partial charge in [-0.2, -0.15) is 0 Å². The van der Waals surface area contributed by atoms with Gasteiger partial charge in [-0.25, -0.2) is 0 Å². The summed E-state index contributed by atoms with van der Waals surface area (Å²) in [5, 5.41) is 4.82. The molecule has 2 rings (SSSR count). The van der Waals surface area contributed by atoms with E-state index in [1.807, 2.05) is 5.38 Å². The summed E-state index contributed by atoms with van der Waals surface area (Å²) in [6, 6.07) is 1.78. The molecule has 1 aromatic heterocycles. The molecular formula is C12H16N2O2S2. The molecule has 1 amide bonds. The number of thiocarbonyl (C=S) groups is 1. The third-order valence-electron chi connectivity index (χ3n) is 3.34. The van der Waals surface area contributed by atoms with Crippen LogP contribution in [-0.2, 0) is 0 Å². The average Bonchev–Trinajstić information content (AvgIpc) is 2.97. The second-order valence-electron chi connectivity index (χ2n) is 4.43. The molecule has 0 bridgehead atoms. The molecule has 1 aliphatic carbocycles. The van der Waals surface area contributed by atoms with Crippen molar-refractivity contribution in [1.82, 2.24) is 5.32 Å². The maximum absolute atomic E-state index is 12.3. The van der Waals surface area contributed by atoms with Crippen LogP contribution in [0, 0.1) is 0 Å². The topological polar surface area (TPSA) is 64.3 Å². The van der Waals surface area contributed by atoms with Gasteiger partial charge in [0.1, 0.15) is 10.6 Å². The van der Waals surface area contributed by atoms with Gasteiger partial charge in [0.2, 0.25) is 0 Å². The van der Waals surface area contributed by atoms with Crippen LogP contribution in [0.1, 0.15) is 35.4 Å². The van der Waals surface area contributed by atoms with Gasteiger partial charge in [0.25, 0.3) is 5.91 Å². The van der Waals surface area contributed by atoms with Crippen LogP contribution < -0.4 is 15.8 Å². The van der Waals surface area contributed by atoms with Crippen molar-refractivity contribution >= 4 is 34.5 Å². The fraction of sp³-hybridized carbons (Fsp3) is 0.500. The summed E-state index contributed by atoms with van der Waals surface area (Å²) >= 11 is 6.47. The Balaban J connectivity index is 2.18. The molecule has 0 spiro atoms. The number of hydrogen-bond donors (Lipinski definition) is 2. The Bertz CT molecular complexity index is 464. The summed E-state index contributed by atoms with van der Waals surface area (Å²) < 4.78 is 5.15. The predicted molar refractivity (Wildman–Crippen MR) is 76.3 cm³/mol. The first-order chi connectivity index (χ1) is 8.59. The van der Waals surface area contributed by atoms with Gasteiger partial charge < -0.3 is 15.8 Å². The second-order valence-corrected chi connectivity index (χ2v) is 5.78. The van der Waals surface area contributed by atoms with Gasteiger partial charge >= 0.3 is 0 Å². The summed E-state index contributed by atoms with van der Waals surface area (Å²) in [7, 11) is 1.55. The lowest BCUT2D eigenvalue weighted by Crippen LogP contribution is -2.54. The van der Waals surface area contributed by atoms with Crippen molar-refractivity contribution in [3.8, 4) is 5.75 Å². The fourth-order valence-electron chi connectivity index (χ4n) is 2.31. The number of carbonyl (C=O) groups excluding carboxylic acids is 1. The molecule has 6 heteroatoms. The first-order valence-electron chi connectivity index (χ1n) is 5.83. The normalized spacial score (nSPS) is 17.4. The molecule has 1 aliphatic rings. The van der Waals surface area contributed by atoms with Gasteiger partial charge in [0, 0.05) is 0 Å². The van der Waals surface area contributed by atoms with Crippen LogP contribution in [0.4, 0.5) is 0 Å². The summed E-state index contributed by atoms with van der Waals surface area (Å²) in [6.07, 6.45) is 3.72. The molecular weight excluding hydrogens is 268 g/mol. The molecule has 1 aromatic rings. The molecule has 4 nitrogen and oxygen atoms in total. The molecule has 1 saturated carbocycles. The highest BCUT2D eigenvalue weighted by atomic mass is 32.1. The Morgan fingerprint density at radius 3 is 2.78 bits per heavy atom. The monoisotopic (exact) mass is 284 g/mol. The average molecular weight is 284 g/mol. The van der Waals surface area contributed by atoms with Crippen molar-refractivity contribution in [2.45, 2.75) is 31.2 Å². The Labute approximate surface area is 116 Å². The lowest BCUT2D eigenvalue weighted by molar-refractivity contribution is 0.0926. The largest absolute Gasteiger partial charge is 0.495 e. The Morgan fingerprint density at radius 1 is 1.56 bits per heavy atom. The quantitative estimate of drug-likeness (QED) is 0.831. The van der Waals surface area contributed by atoms with Crippen LogP contribution in [0.3, 0.4) is 0 Å². The molecule has 0 unspecified atom stereocenters. The predicted octanol–water partition coefficient (Wildman–Crippen LogP) is 2.09. The van der Waals surface area contributed by atoms with E-state index in [1.54, 1.807) is 13.2 Å². The minimum atomic E-state index is -0.512. The number of hydrogen-bond acceptors (Lipinski definition) is 4. The Kier molecular flexibility index (Phi) is 3.87. The zero-order valence-corrected chi connectivity index (χ0v) is 11.8. The zero-order chi connectivity index (χ0) is 13.2. The number of amides is 1. The third-order valence-corrected chi connectivity index (χ3v) is 4.62. The van der Waals surface area contributed by atoms with E-state index in [9.17, 15) is 4.79 Å². The molecule has 0 radical (unpaired) electrons. The van der Waals surface area contributed by atoms with E-state index in [0.29, 0.717) is 15.6 Å². The van der Waals surface area contributed by atoms with Crippen LogP contribution in [0.5, 0.6) is 5.75 Å². The summed E-state index contributed by atoms with van der Waals surface area (Å²) in [5.74, 6) is 0.435. The third kappa shape index (κ3) is 2.35. The van der Waals surface area contributed by atoms with Crippen molar-refractivity contribution < 1.29 is 9.53 Å². The second kappa shape index (κ2) is 5.24. The van der Waals surface area contributed by atoms with Crippen molar-refractivity contribution in [3.05, 3.63) is 16.3 Å². The SMILES string of the molecule is COc1ccsc1C(=O)NC1(C(N)=S)CCCC1. The van der Waals surface area contributed by atoms with Gasteiger partial charge in [0.05, 0.1) is 17.6 Å². The molecule has 0 atom stereocenters. The van der Waals surface area contributed by atoms with Gasteiger partial charge in [0.15, 0.2) is 0 Å². The highest BCUT2D eigenvalue weighted by Crippen LogP contribution is 2.32. The lowest BCUT2D eigenvalue weighted by atomic mass is 9.97. The van der Waals surface area contributed by atoms with Crippen molar-refractivity contribution in [3.63, 3.8) is 0 Å². The van der Waals surface area contributed by atoms with Gasteiger partial charge in [-0.05, 0) is 24.3 Å². The number of thiophene rings is 1. The molecule has 1 fully saturated rings. The number of nitrogens with one attached hydrogen (secondary N) is 1. The van der Waals surface area contributed by atoms with Crippen LogP contribution in [0.25, 0.3) is 0 Å². The lowest BCUT2D eigenvalue weighted by Gasteiger charge is -2.28. The minimum Gasteiger partial charge on any atom is -0.495 e. The number of ether oxygens (including phenoxy) is 1. The smallest absolute Gasteiger partial charge is 0.265 e. The van der Waals surface area contributed by atoms with E-state index in [0.717, 1.165) is 25.7 Å². The van der Waals surface area contributed by atoms with Crippen LogP contribution in [-0.4, -0.2) is 23.5 Å². The van der Waals surface area contributed by atoms with E-state index in [4.69, 9.17) is 22.7 Å². The van der Waals surface area contributed by atoms with E-state index in [2.05, 4.69) is 5.32 Å². The van der Waals surface area contributed by atoms with Crippen LogP contribution >= 0.6 is 23.6 Å². The van der Waals surface area contributed by atoms with Gasteiger partial charge in [-0.1, -0.05) is 25.1 Å². The van der Waals surface area contributed by atoms with Gasteiger partial charge in [-0.3, -0.25) is 4.79 Å². The molecule has 1 heterocycles. The van der Waals surface area contributed by atoms with Crippen molar-refractivity contribution in [2.75, 3.05) is 7.11 Å². The van der Waals surface area contributed by atoms with Gasteiger partial charge in [-0.15, -0.1) is 11.3 Å². The standard InChI is InChI=1S/C12H16N2O2S2/c1-16-8-4-7-18-9(8)10(15)14-12(11(13)17)5-2-3-6-12/h4,7H,2-3,5-6H2,1H3,(H2,13,17)(H,14,15). The first-order valence-corrected chi connectivity index (χ1v) is 7.12. The van der Waals surface area contributed by atoms with Crippen LogP contribution in [0.15, 0.2) is 11.4 Å². The molecule has 98 valence electrons. The van der Waals surface area contributed by atoms with E-state index in [1.165, 1.54) is 11.3 Å². The maximum atomic E-state index is 12.3. The number of nitrogens with two attached hydrogens (primary N) is 1. The molecule has 0 aromatic carbocycles. The number of carbonyl (C=O) groups is 1. The highest BCUT2D eigenvalue weighted by molar-refractivity contribution is 7.80. The summed E-state index contributed by atoms with van der Waals surface area (Å²) in [5.41, 5.74) is 5.28. The molecule has 0 aliphatic heterocycles. The highest BCUT2D eigenvalue weighted by Gasteiger charge is 2.38. The number of methoxy groups -OCH3 is 1. The van der Waals surface area contributed by atoms with Crippen molar-refractivity contribution in [1.29, 1.82) is 0 Å². The van der Waals surface area contributed by atoms with Crippen LogP contribution in [0.2, 0.25) is 0 Å². The summed E-state index contributed by atoms with van der Waals surface area (Å²) in [6.45, 7) is 0. The molecule has 0 saturated heterocycles. The maximum Gasteiger partial charge on any atom is 0.265 e. The molecule has 18 heavy (non-hydrogen) atoms. The van der Waals surface area contributed by atoms with Crippen molar-refractivity contribution in [2.24, 2.45) is 5.73 Å². The first kappa shape index (κ1) is 13.3. The fourth-order valence-corrected chi connectivity index (χ4v) is 3.32. The molecule has 3 N–H and O–H groups in total. The minimum absolute atomic E-state index is 0.156. The number of rotatable bonds is 4. The van der Waals surface area contributed by atoms with E-state index in [-0.39, 0.29) is 5.91 Å². The zero-order valence-electron chi connectivity index (χ0n) is 10.2. The Morgan fingerprint density at radius 2 is 2.22 bits per heavy atom. The Hall–Kier alpha value is -1.14. The summed E-state index contributed by atoms with van der Waals surface area (Å²) in [4.78, 5) is 13.2.